The lowest BCUT2D eigenvalue weighted by atomic mass is 10.1. The number of benzene rings is 1. The summed E-state index contributed by atoms with van der Waals surface area (Å²) in [6.07, 6.45) is 3.74. The van der Waals surface area contributed by atoms with Crippen LogP contribution in [0.15, 0.2) is 30.3 Å². The summed E-state index contributed by atoms with van der Waals surface area (Å²) < 4.78 is 1.98. The highest BCUT2D eigenvalue weighted by atomic mass is 16.3. The Bertz CT molecular complexity index is 721. The smallest absolute Gasteiger partial charge is 0.254 e. The molecule has 2 aromatic rings. The van der Waals surface area contributed by atoms with E-state index in [4.69, 9.17) is 5.11 Å². The van der Waals surface area contributed by atoms with Crippen molar-refractivity contribution in [1.82, 2.24) is 14.7 Å². The van der Waals surface area contributed by atoms with Gasteiger partial charge in [0.25, 0.3) is 5.91 Å². The lowest BCUT2D eigenvalue weighted by Gasteiger charge is -2.24. The number of likely N-dealkylation sites (tertiary alicyclic amines) is 1. The van der Waals surface area contributed by atoms with Gasteiger partial charge in [0.15, 0.2) is 0 Å². The number of aliphatic hydroxyl groups excluding tert-OH is 1. The Morgan fingerprint density at radius 1 is 1.28 bits per heavy atom. The molecule has 5 heteroatoms. The SMILES string of the molecule is Cc1cc(C)n(Cc2ccc(C(=O)N3CCCC3CCCO)cc2)n1. The van der Waals surface area contributed by atoms with E-state index >= 15 is 0 Å². The van der Waals surface area contributed by atoms with Gasteiger partial charge < -0.3 is 10.0 Å². The average Bonchev–Trinajstić information content (AvgIpc) is 3.19. The summed E-state index contributed by atoms with van der Waals surface area (Å²) in [6.45, 7) is 5.78. The number of aryl methyl sites for hydroxylation is 2. The number of carbonyl (C=O) groups is 1. The van der Waals surface area contributed by atoms with E-state index in [9.17, 15) is 4.79 Å². The van der Waals surface area contributed by atoms with Gasteiger partial charge in [0.1, 0.15) is 0 Å². The van der Waals surface area contributed by atoms with Crippen molar-refractivity contribution in [1.29, 1.82) is 0 Å². The van der Waals surface area contributed by atoms with Crippen molar-refractivity contribution in [3.63, 3.8) is 0 Å². The summed E-state index contributed by atoms with van der Waals surface area (Å²) >= 11 is 0. The molecule has 1 saturated heterocycles. The van der Waals surface area contributed by atoms with E-state index in [0.29, 0.717) is 0 Å². The summed E-state index contributed by atoms with van der Waals surface area (Å²) in [4.78, 5) is 14.8. The molecule has 0 spiro atoms. The number of carbonyl (C=O) groups excluding carboxylic acids is 1. The van der Waals surface area contributed by atoms with E-state index in [-0.39, 0.29) is 18.6 Å². The van der Waals surface area contributed by atoms with Crippen LogP contribution in [0.3, 0.4) is 0 Å². The molecule has 2 heterocycles. The monoisotopic (exact) mass is 341 g/mol. The Balaban J connectivity index is 1.67. The van der Waals surface area contributed by atoms with E-state index in [1.54, 1.807) is 0 Å². The number of nitrogens with zero attached hydrogens (tertiary/aromatic N) is 3. The Labute approximate surface area is 149 Å². The van der Waals surface area contributed by atoms with Gasteiger partial charge in [0.2, 0.25) is 0 Å². The Kier molecular flexibility index (Phi) is 5.53. The van der Waals surface area contributed by atoms with E-state index in [2.05, 4.69) is 18.1 Å². The van der Waals surface area contributed by atoms with E-state index in [1.807, 2.05) is 40.8 Å². The van der Waals surface area contributed by atoms with E-state index in [0.717, 1.165) is 61.3 Å². The number of hydrogen-bond acceptors (Lipinski definition) is 3. The van der Waals surface area contributed by atoms with Crippen molar-refractivity contribution in [2.45, 2.75) is 52.1 Å². The minimum Gasteiger partial charge on any atom is -0.396 e. The first-order chi connectivity index (χ1) is 12.1. The summed E-state index contributed by atoms with van der Waals surface area (Å²) in [5, 5.41) is 13.5. The third kappa shape index (κ3) is 4.10. The highest BCUT2D eigenvalue weighted by Crippen LogP contribution is 2.23. The molecule has 1 aromatic carbocycles. The predicted molar refractivity (Wildman–Crippen MR) is 97.6 cm³/mol. The van der Waals surface area contributed by atoms with Crippen LogP contribution in [0.2, 0.25) is 0 Å². The maximum atomic E-state index is 12.8. The summed E-state index contributed by atoms with van der Waals surface area (Å²) in [7, 11) is 0. The Morgan fingerprint density at radius 2 is 2.04 bits per heavy atom. The van der Waals surface area contributed by atoms with Gasteiger partial charge in [0, 0.05) is 30.5 Å². The van der Waals surface area contributed by atoms with Crippen molar-refractivity contribution >= 4 is 5.91 Å². The molecule has 5 nitrogen and oxygen atoms in total. The first-order valence-corrected chi connectivity index (χ1v) is 9.10. The van der Waals surface area contributed by atoms with Gasteiger partial charge in [-0.25, -0.2) is 0 Å². The van der Waals surface area contributed by atoms with E-state index in [1.165, 1.54) is 0 Å². The van der Waals surface area contributed by atoms with Crippen molar-refractivity contribution in [2.24, 2.45) is 0 Å². The average molecular weight is 341 g/mol. The van der Waals surface area contributed by atoms with Crippen LogP contribution in [0, 0.1) is 13.8 Å². The van der Waals surface area contributed by atoms with Crippen LogP contribution >= 0.6 is 0 Å². The third-order valence-corrected chi connectivity index (χ3v) is 4.97. The maximum Gasteiger partial charge on any atom is 0.254 e. The topological polar surface area (TPSA) is 58.4 Å². The fourth-order valence-corrected chi connectivity index (χ4v) is 3.66. The molecule has 25 heavy (non-hydrogen) atoms. The van der Waals surface area contributed by atoms with Gasteiger partial charge in [0.05, 0.1) is 12.2 Å². The molecule has 1 aliphatic rings. The lowest BCUT2D eigenvalue weighted by Crippen LogP contribution is -2.35. The molecule has 1 fully saturated rings. The normalized spacial score (nSPS) is 17.2. The minimum atomic E-state index is 0.109. The summed E-state index contributed by atoms with van der Waals surface area (Å²) in [5.41, 5.74) is 4.04. The van der Waals surface area contributed by atoms with Crippen molar-refractivity contribution in [2.75, 3.05) is 13.2 Å². The van der Waals surface area contributed by atoms with Gasteiger partial charge >= 0.3 is 0 Å². The van der Waals surface area contributed by atoms with Crippen molar-refractivity contribution in [3.8, 4) is 0 Å². The molecule has 0 saturated carbocycles. The molecule has 0 bridgehead atoms. The standard InChI is InChI=1S/C20H27N3O2/c1-15-13-16(2)23(21-15)14-17-7-9-18(10-8-17)20(25)22-11-3-5-19(22)6-4-12-24/h7-10,13,19,24H,3-6,11-12,14H2,1-2H3. The van der Waals surface area contributed by atoms with Crippen molar-refractivity contribution in [3.05, 3.63) is 52.8 Å². The van der Waals surface area contributed by atoms with Crippen LogP contribution in [0.5, 0.6) is 0 Å². The summed E-state index contributed by atoms with van der Waals surface area (Å²) in [6, 6.07) is 10.2. The lowest BCUT2D eigenvalue weighted by molar-refractivity contribution is 0.0724. The fourth-order valence-electron chi connectivity index (χ4n) is 3.66. The van der Waals surface area contributed by atoms with Crippen LogP contribution in [-0.2, 0) is 6.54 Å². The van der Waals surface area contributed by atoms with Crippen molar-refractivity contribution < 1.29 is 9.90 Å². The van der Waals surface area contributed by atoms with Crippen LogP contribution in [0.1, 0.15) is 53.0 Å². The summed E-state index contributed by atoms with van der Waals surface area (Å²) in [5.74, 6) is 0.109. The number of amides is 1. The highest BCUT2D eigenvalue weighted by Gasteiger charge is 2.28. The Hall–Kier alpha value is -2.14. The zero-order chi connectivity index (χ0) is 17.8. The van der Waals surface area contributed by atoms with Crippen LogP contribution in [0.25, 0.3) is 0 Å². The molecule has 0 radical (unpaired) electrons. The number of aliphatic hydroxyl groups is 1. The van der Waals surface area contributed by atoms with Gasteiger partial charge in [-0.2, -0.15) is 5.10 Å². The second-order valence-corrected chi connectivity index (χ2v) is 6.94. The van der Waals surface area contributed by atoms with Crippen LogP contribution < -0.4 is 0 Å². The minimum absolute atomic E-state index is 0.109. The molecule has 0 aliphatic carbocycles. The zero-order valence-corrected chi connectivity index (χ0v) is 15.1. The second-order valence-electron chi connectivity index (χ2n) is 6.94. The molecule has 1 aromatic heterocycles. The fraction of sp³-hybridized carbons (Fsp3) is 0.500. The quantitative estimate of drug-likeness (QED) is 0.879. The molecule has 134 valence electrons. The van der Waals surface area contributed by atoms with Crippen LogP contribution in [-0.4, -0.2) is 44.9 Å². The predicted octanol–water partition coefficient (Wildman–Crippen LogP) is 2.93. The molecule has 3 rings (SSSR count). The van der Waals surface area contributed by atoms with E-state index < -0.39 is 0 Å². The largest absolute Gasteiger partial charge is 0.396 e. The number of aromatic nitrogens is 2. The molecule has 1 N–H and O–H groups in total. The number of hydrogen-bond donors (Lipinski definition) is 1. The molecule has 1 atom stereocenters. The van der Waals surface area contributed by atoms with Crippen LogP contribution in [0.4, 0.5) is 0 Å². The zero-order valence-electron chi connectivity index (χ0n) is 15.1. The van der Waals surface area contributed by atoms with Gasteiger partial charge in [-0.1, -0.05) is 12.1 Å². The third-order valence-electron chi connectivity index (χ3n) is 4.97. The first kappa shape index (κ1) is 17.7. The Morgan fingerprint density at radius 3 is 2.68 bits per heavy atom. The molecule has 1 amide bonds. The molecular weight excluding hydrogens is 314 g/mol. The molecule has 1 aliphatic heterocycles. The van der Waals surface area contributed by atoms with Gasteiger partial charge in [-0.05, 0) is 63.3 Å². The van der Waals surface area contributed by atoms with Gasteiger partial charge in [-0.3, -0.25) is 9.48 Å². The number of rotatable bonds is 6. The highest BCUT2D eigenvalue weighted by molar-refractivity contribution is 5.94. The molecular formula is C20H27N3O2. The second kappa shape index (κ2) is 7.83. The molecule has 1 unspecified atom stereocenters. The van der Waals surface area contributed by atoms with Gasteiger partial charge in [-0.15, -0.1) is 0 Å². The first-order valence-electron chi connectivity index (χ1n) is 9.10. The maximum absolute atomic E-state index is 12.8.